The van der Waals surface area contributed by atoms with Crippen molar-refractivity contribution in [1.82, 2.24) is 0 Å². The van der Waals surface area contributed by atoms with Crippen LogP contribution in [0.5, 0.6) is 0 Å². The van der Waals surface area contributed by atoms with Crippen LogP contribution in [0, 0.1) is 0 Å². The van der Waals surface area contributed by atoms with Crippen LogP contribution in [0.25, 0.3) is 44.2 Å². The van der Waals surface area contributed by atoms with Gasteiger partial charge in [0.1, 0.15) is 0 Å². The Kier molecular flexibility index (Phi) is 5.15. The Bertz CT molecular complexity index is 2130. The minimum Gasteiger partial charge on any atom is -0.0888 e. The van der Waals surface area contributed by atoms with E-state index >= 15 is 0 Å². The summed E-state index contributed by atoms with van der Waals surface area (Å²) in [6.07, 6.45) is 0. The first-order valence-electron chi connectivity index (χ1n) is 14.5. The van der Waals surface area contributed by atoms with Crippen LogP contribution in [0.4, 0.5) is 0 Å². The van der Waals surface area contributed by atoms with Crippen molar-refractivity contribution in [3.63, 3.8) is 0 Å². The lowest BCUT2D eigenvalue weighted by Gasteiger charge is -2.34. The minimum atomic E-state index is -0.397. The highest BCUT2D eigenvalue weighted by Gasteiger charge is 2.45. The van der Waals surface area contributed by atoms with E-state index in [-0.39, 0.29) is 0 Å². The Morgan fingerprint density at radius 3 is 1.79 bits per heavy atom. The minimum absolute atomic E-state index is 0.397. The number of rotatable bonds is 3. The molecule has 1 heterocycles. The summed E-state index contributed by atoms with van der Waals surface area (Å²) < 4.78 is 0. The lowest BCUT2D eigenvalue weighted by atomic mass is 9.67. The normalized spacial score (nSPS) is 13.8. The molecular weight excluding hydrogens is 525 g/mol. The first kappa shape index (κ1) is 23.8. The summed E-state index contributed by atoms with van der Waals surface area (Å²) in [7, 11) is 0. The molecule has 2 aliphatic rings. The van der Waals surface area contributed by atoms with Crippen LogP contribution >= 0.6 is 11.8 Å². The van der Waals surface area contributed by atoms with Crippen molar-refractivity contribution in [3.8, 4) is 33.4 Å². The number of hydrogen-bond acceptors (Lipinski definition) is 1. The van der Waals surface area contributed by atoms with Crippen LogP contribution in [0.1, 0.15) is 22.3 Å². The second kappa shape index (κ2) is 9.08. The molecule has 0 fully saturated rings. The molecule has 0 spiro atoms. The third-order valence-corrected chi connectivity index (χ3v) is 10.3. The first-order chi connectivity index (χ1) is 20.8. The van der Waals surface area contributed by atoms with Crippen molar-refractivity contribution < 1.29 is 0 Å². The number of fused-ring (bicyclic) bond motifs is 5. The van der Waals surface area contributed by atoms with E-state index in [9.17, 15) is 0 Å². The van der Waals surface area contributed by atoms with Crippen molar-refractivity contribution in [1.29, 1.82) is 0 Å². The van der Waals surface area contributed by atoms with Gasteiger partial charge in [0, 0.05) is 15.2 Å². The predicted octanol–water partition coefficient (Wildman–Crippen LogP) is 11.0. The summed E-state index contributed by atoms with van der Waals surface area (Å²) >= 11 is 1.88. The van der Waals surface area contributed by atoms with Crippen LogP contribution < -0.4 is 0 Å². The van der Waals surface area contributed by atoms with Gasteiger partial charge >= 0.3 is 0 Å². The molecule has 0 N–H and O–H groups in total. The Hall–Kier alpha value is -4.85. The first-order valence-corrected chi connectivity index (χ1v) is 15.3. The molecule has 0 amide bonds. The monoisotopic (exact) mass is 550 g/mol. The molecule has 7 aromatic rings. The molecule has 0 atom stereocenters. The Balaban J connectivity index is 1.32. The maximum absolute atomic E-state index is 2.44. The van der Waals surface area contributed by atoms with Crippen molar-refractivity contribution in [2.75, 3.05) is 0 Å². The molecule has 7 aromatic carbocycles. The quantitative estimate of drug-likeness (QED) is 0.211. The second-order valence-electron chi connectivity index (χ2n) is 11.3. The molecule has 1 aliphatic heterocycles. The zero-order valence-corrected chi connectivity index (χ0v) is 23.7. The van der Waals surface area contributed by atoms with E-state index in [1.54, 1.807) is 0 Å². The highest BCUT2D eigenvalue weighted by molar-refractivity contribution is 7.99. The molecule has 1 heteroatoms. The molecule has 0 unspecified atom stereocenters. The van der Waals surface area contributed by atoms with Crippen LogP contribution in [-0.4, -0.2) is 0 Å². The van der Waals surface area contributed by atoms with Crippen molar-refractivity contribution >= 4 is 22.5 Å². The molecule has 196 valence electrons. The summed E-state index contributed by atoms with van der Waals surface area (Å²) in [6.45, 7) is 0. The predicted molar refractivity (Wildman–Crippen MR) is 176 cm³/mol. The average Bonchev–Trinajstić information content (AvgIpc) is 3.36. The fourth-order valence-electron chi connectivity index (χ4n) is 7.40. The smallest absolute Gasteiger partial charge is 0.0713 e. The van der Waals surface area contributed by atoms with Crippen LogP contribution in [0.15, 0.2) is 168 Å². The van der Waals surface area contributed by atoms with E-state index in [4.69, 9.17) is 0 Å². The molecule has 42 heavy (non-hydrogen) atoms. The van der Waals surface area contributed by atoms with Crippen molar-refractivity contribution in [2.45, 2.75) is 15.2 Å². The largest absolute Gasteiger partial charge is 0.0888 e. The molecule has 0 saturated heterocycles. The molecular formula is C41H26S. The van der Waals surface area contributed by atoms with Gasteiger partial charge in [0.25, 0.3) is 0 Å². The maximum atomic E-state index is 2.44. The van der Waals surface area contributed by atoms with E-state index in [2.05, 4.69) is 158 Å². The summed E-state index contributed by atoms with van der Waals surface area (Å²) in [6, 6.07) is 58.6. The van der Waals surface area contributed by atoms with Crippen molar-refractivity contribution in [3.05, 3.63) is 180 Å². The Labute approximate surface area is 250 Å². The van der Waals surface area contributed by atoms with Gasteiger partial charge in [-0.1, -0.05) is 139 Å². The fourth-order valence-corrected chi connectivity index (χ4v) is 8.55. The van der Waals surface area contributed by atoms with E-state index < -0.39 is 5.41 Å². The highest BCUT2D eigenvalue weighted by atomic mass is 32.2. The standard InChI is InChI=1S/C41H26S/c1-2-14-30(15-3-1)41(36-20-7-4-17-32(36)33-18-5-8-21-37(33)41)31-16-10-12-27(25-31)29-24-28-13-11-23-39-40(28)35(26-29)34-19-6-9-22-38(34)42-39/h1-26H. The molecule has 9 rings (SSSR count). The van der Waals surface area contributed by atoms with Gasteiger partial charge in [-0.2, -0.15) is 0 Å². The van der Waals surface area contributed by atoms with Gasteiger partial charge in [0.05, 0.1) is 5.41 Å². The van der Waals surface area contributed by atoms with Crippen molar-refractivity contribution in [2.24, 2.45) is 0 Å². The van der Waals surface area contributed by atoms with Gasteiger partial charge < -0.3 is 0 Å². The van der Waals surface area contributed by atoms with Crippen LogP contribution in [-0.2, 0) is 5.41 Å². The maximum Gasteiger partial charge on any atom is 0.0713 e. The topological polar surface area (TPSA) is 0 Å². The van der Waals surface area contributed by atoms with Gasteiger partial charge in [0.2, 0.25) is 0 Å². The zero-order valence-electron chi connectivity index (χ0n) is 22.9. The Morgan fingerprint density at radius 2 is 1.00 bits per heavy atom. The molecule has 0 nitrogen and oxygen atoms in total. The summed E-state index contributed by atoms with van der Waals surface area (Å²) in [5.41, 5.74) is 12.7. The highest BCUT2D eigenvalue weighted by Crippen LogP contribution is 2.56. The molecule has 1 aliphatic carbocycles. The molecule has 0 radical (unpaired) electrons. The average molecular weight is 551 g/mol. The third kappa shape index (κ3) is 3.26. The van der Waals surface area contributed by atoms with E-state index in [1.165, 1.54) is 76.2 Å². The van der Waals surface area contributed by atoms with Crippen LogP contribution in [0.3, 0.4) is 0 Å². The lowest BCUT2D eigenvalue weighted by Crippen LogP contribution is -2.28. The molecule has 0 bridgehead atoms. The van der Waals surface area contributed by atoms with Gasteiger partial charge in [0.15, 0.2) is 0 Å². The summed E-state index contributed by atoms with van der Waals surface area (Å²) in [5.74, 6) is 0. The third-order valence-electron chi connectivity index (χ3n) is 9.12. The SMILES string of the molecule is c1ccc(C2(c3cccc(-c4cc5c6c(cccc6c4)Sc4ccccc4-5)c3)c3ccccc3-c3ccccc32)cc1. The van der Waals surface area contributed by atoms with Gasteiger partial charge in [-0.05, 0) is 91.4 Å². The Morgan fingerprint density at radius 1 is 0.381 bits per heavy atom. The molecule has 0 aromatic heterocycles. The van der Waals surface area contributed by atoms with E-state index in [0.717, 1.165) is 0 Å². The fraction of sp³-hybridized carbons (Fsp3) is 0.0244. The van der Waals surface area contributed by atoms with E-state index in [1.807, 2.05) is 11.8 Å². The van der Waals surface area contributed by atoms with E-state index in [0.29, 0.717) is 0 Å². The zero-order chi connectivity index (χ0) is 27.7. The van der Waals surface area contributed by atoms with Gasteiger partial charge in [-0.25, -0.2) is 0 Å². The summed E-state index contributed by atoms with van der Waals surface area (Å²) in [5, 5.41) is 2.65. The van der Waals surface area contributed by atoms with Gasteiger partial charge in [-0.15, -0.1) is 0 Å². The molecule has 0 saturated carbocycles. The lowest BCUT2D eigenvalue weighted by molar-refractivity contribution is 0.769. The van der Waals surface area contributed by atoms with Crippen LogP contribution in [0.2, 0.25) is 0 Å². The number of benzene rings is 7. The van der Waals surface area contributed by atoms with Gasteiger partial charge in [-0.3, -0.25) is 0 Å². The second-order valence-corrected chi connectivity index (χ2v) is 12.3. The summed E-state index contributed by atoms with van der Waals surface area (Å²) in [4.78, 5) is 2.66. The number of hydrogen-bond donors (Lipinski definition) is 0.